The first-order chi connectivity index (χ1) is 14.2. The Bertz CT molecular complexity index is 971. The van der Waals surface area contributed by atoms with Crippen molar-refractivity contribution >= 4 is 11.9 Å². The minimum Gasteiger partial charge on any atom is -0.488 e. The molecule has 2 aromatic rings. The Morgan fingerprint density at radius 1 is 1.40 bits per heavy atom. The summed E-state index contributed by atoms with van der Waals surface area (Å²) in [5.41, 5.74) is 1.53. The van der Waals surface area contributed by atoms with E-state index in [1.165, 1.54) is 0 Å². The van der Waals surface area contributed by atoms with Crippen molar-refractivity contribution in [3.8, 4) is 22.6 Å². The van der Waals surface area contributed by atoms with E-state index >= 15 is 0 Å². The summed E-state index contributed by atoms with van der Waals surface area (Å²) in [6.07, 6.45) is 1.63. The SMILES string of the molecule is CCOC(=O)Nc1cc2c(cn1)COc1cc(OC(O)(O)C3(C)CC(C)N3)ccc1-2. The van der Waals surface area contributed by atoms with Gasteiger partial charge in [-0.05, 0) is 51.0 Å². The number of hydrogen-bond acceptors (Lipinski definition) is 8. The molecule has 1 amide bonds. The summed E-state index contributed by atoms with van der Waals surface area (Å²) in [4.78, 5) is 15.9. The van der Waals surface area contributed by atoms with E-state index in [1.54, 1.807) is 44.3 Å². The second-order valence-electron chi connectivity index (χ2n) is 7.81. The molecule has 2 atom stereocenters. The van der Waals surface area contributed by atoms with Crippen molar-refractivity contribution in [2.24, 2.45) is 0 Å². The zero-order chi connectivity index (χ0) is 21.5. The zero-order valence-electron chi connectivity index (χ0n) is 17.1. The first kappa shape index (κ1) is 20.4. The number of fused-ring (bicyclic) bond motifs is 3. The van der Waals surface area contributed by atoms with Crippen molar-refractivity contribution < 1.29 is 29.2 Å². The van der Waals surface area contributed by atoms with Gasteiger partial charge in [0.15, 0.2) is 0 Å². The number of ether oxygens (including phenoxy) is 3. The van der Waals surface area contributed by atoms with E-state index < -0.39 is 17.6 Å². The van der Waals surface area contributed by atoms with Crippen LogP contribution in [0, 0.1) is 0 Å². The van der Waals surface area contributed by atoms with Gasteiger partial charge in [0.2, 0.25) is 0 Å². The molecule has 2 aliphatic heterocycles. The topological polar surface area (TPSA) is 122 Å². The Morgan fingerprint density at radius 3 is 2.87 bits per heavy atom. The van der Waals surface area contributed by atoms with Crippen LogP contribution >= 0.6 is 0 Å². The predicted octanol–water partition coefficient (Wildman–Crippen LogP) is 2.37. The monoisotopic (exact) mass is 415 g/mol. The van der Waals surface area contributed by atoms with Gasteiger partial charge in [-0.2, -0.15) is 0 Å². The molecule has 2 unspecified atom stereocenters. The van der Waals surface area contributed by atoms with Crippen LogP contribution in [0.15, 0.2) is 30.5 Å². The van der Waals surface area contributed by atoms with Crippen molar-refractivity contribution in [3.05, 3.63) is 36.0 Å². The lowest BCUT2D eigenvalue weighted by atomic mass is 9.81. The molecule has 1 aromatic carbocycles. The molecule has 9 nitrogen and oxygen atoms in total. The van der Waals surface area contributed by atoms with E-state index in [1.807, 2.05) is 6.92 Å². The number of carbonyl (C=O) groups excluding carboxylic acids is 1. The lowest BCUT2D eigenvalue weighted by Crippen LogP contribution is -2.74. The average Bonchev–Trinajstić information content (AvgIpc) is 2.66. The maximum Gasteiger partial charge on any atom is 0.412 e. The fraction of sp³-hybridized carbons (Fsp3) is 0.429. The van der Waals surface area contributed by atoms with Crippen LogP contribution in [-0.4, -0.2) is 45.5 Å². The molecule has 1 saturated heterocycles. The Balaban J connectivity index is 1.57. The van der Waals surface area contributed by atoms with Crippen LogP contribution in [0.5, 0.6) is 11.5 Å². The number of benzene rings is 1. The maximum atomic E-state index is 11.7. The first-order valence-corrected chi connectivity index (χ1v) is 9.82. The van der Waals surface area contributed by atoms with E-state index in [2.05, 4.69) is 15.6 Å². The number of nitrogens with one attached hydrogen (secondary N) is 2. The minimum absolute atomic E-state index is 0.187. The highest BCUT2D eigenvalue weighted by Crippen LogP contribution is 2.42. The van der Waals surface area contributed by atoms with Crippen molar-refractivity contribution in [2.75, 3.05) is 11.9 Å². The number of carbonyl (C=O) groups is 1. The number of nitrogens with zero attached hydrogens (tertiary/aromatic N) is 1. The summed E-state index contributed by atoms with van der Waals surface area (Å²) in [7, 11) is 0. The van der Waals surface area contributed by atoms with Gasteiger partial charge in [-0.1, -0.05) is 0 Å². The predicted molar refractivity (Wildman–Crippen MR) is 108 cm³/mol. The Hall–Kier alpha value is -2.88. The van der Waals surface area contributed by atoms with Crippen LogP contribution < -0.4 is 20.1 Å². The summed E-state index contributed by atoms with van der Waals surface area (Å²) in [6.45, 7) is 5.94. The van der Waals surface area contributed by atoms with Crippen molar-refractivity contribution in [3.63, 3.8) is 0 Å². The van der Waals surface area contributed by atoms with Gasteiger partial charge >= 0.3 is 12.1 Å². The molecule has 2 aliphatic rings. The third kappa shape index (κ3) is 3.67. The Labute approximate surface area is 174 Å². The van der Waals surface area contributed by atoms with Gasteiger partial charge in [-0.25, -0.2) is 9.78 Å². The molecular formula is C21H25N3O6. The molecule has 1 aromatic heterocycles. The molecule has 9 heteroatoms. The quantitative estimate of drug-likeness (QED) is 0.549. The third-order valence-electron chi connectivity index (χ3n) is 5.38. The molecule has 0 bridgehead atoms. The molecule has 30 heavy (non-hydrogen) atoms. The van der Waals surface area contributed by atoms with Gasteiger partial charge in [0.1, 0.15) is 29.5 Å². The van der Waals surface area contributed by atoms with E-state index in [4.69, 9.17) is 14.2 Å². The van der Waals surface area contributed by atoms with E-state index in [0.29, 0.717) is 24.6 Å². The fourth-order valence-corrected chi connectivity index (χ4v) is 3.89. The highest BCUT2D eigenvalue weighted by Gasteiger charge is 2.55. The molecule has 4 rings (SSSR count). The summed E-state index contributed by atoms with van der Waals surface area (Å²) >= 11 is 0. The Kier molecular flexibility index (Phi) is 5.05. The van der Waals surface area contributed by atoms with Crippen LogP contribution in [0.4, 0.5) is 10.6 Å². The molecule has 4 N–H and O–H groups in total. The average molecular weight is 415 g/mol. The van der Waals surface area contributed by atoms with E-state index in [0.717, 1.165) is 16.7 Å². The van der Waals surface area contributed by atoms with Crippen LogP contribution in [-0.2, 0) is 11.3 Å². The maximum absolute atomic E-state index is 11.7. The Morgan fingerprint density at radius 2 is 2.17 bits per heavy atom. The van der Waals surface area contributed by atoms with Gasteiger partial charge in [-0.15, -0.1) is 0 Å². The van der Waals surface area contributed by atoms with Gasteiger partial charge < -0.3 is 29.7 Å². The molecular weight excluding hydrogens is 390 g/mol. The van der Waals surface area contributed by atoms with Crippen molar-refractivity contribution in [2.45, 2.75) is 51.4 Å². The first-order valence-electron chi connectivity index (χ1n) is 9.82. The second-order valence-corrected chi connectivity index (χ2v) is 7.81. The number of aliphatic hydroxyl groups is 2. The van der Waals surface area contributed by atoms with E-state index in [-0.39, 0.29) is 18.4 Å². The smallest absolute Gasteiger partial charge is 0.412 e. The number of pyridine rings is 1. The van der Waals surface area contributed by atoms with Crippen molar-refractivity contribution in [1.82, 2.24) is 10.3 Å². The molecule has 0 saturated carbocycles. The number of anilines is 1. The molecule has 0 spiro atoms. The summed E-state index contributed by atoms with van der Waals surface area (Å²) in [6, 6.07) is 6.96. The largest absolute Gasteiger partial charge is 0.488 e. The number of aromatic nitrogens is 1. The standard InChI is InChI=1S/C21H25N3O6/c1-4-28-19(25)23-18-8-16-13(10-22-18)11-29-17-7-14(5-6-15(16)17)30-21(26,27)20(3)9-12(2)24-20/h5-8,10,12,24,26-27H,4,9,11H2,1-3H3,(H,22,23,25). The highest BCUT2D eigenvalue weighted by atomic mass is 16.8. The molecule has 0 radical (unpaired) electrons. The zero-order valence-corrected chi connectivity index (χ0v) is 17.1. The number of amides is 1. The van der Waals surface area contributed by atoms with Gasteiger partial charge in [0, 0.05) is 29.4 Å². The van der Waals surface area contributed by atoms with Crippen LogP contribution in [0.3, 0.4) is 0 Å². The number of hydrogen-bond donors (Lipinski definition) is 4. The third-order valence-corrected chi connectivity index (χ3v) is 5.38. The second kappa shape index (κ2) is 7.42. The van der Waals surface area contributed by atoms with Gasteiger partial charge in [-0.3, -0.25) is 5.32 Å². The lowest BCUT2D eigenvalue weighted by Gasteiger charge is -2.50. The molecule has 1 fully saturated rings. The summed E-state index contributed by atoms with van der Waals surface area (Å²) in [5.74, 6) is -1.21. The molecule has 3 heterocycles. The van der Waals surface area contributed by atoms with Gasteiger partial charge in [0.25, 0.3) is 0 Å². The normalized spacial score (nSPS) is 22.1. The van der Waals surface area contributed by atoms with E-state index in [9.17, 15) is 15.0 Å². The molecule has 0 aliphatic carbocycles. The van der Waals surface area contributed by atoms with Crippen molar-refractivity contribution in [1.29, 1.82) is 0 Å². The summed E-state index contributed by atoms with van der Waals surface area (Å²) < 4.78 is 16.2. The fourth-order valence-electron chi connectivity index (χ4n) is 3.89. The van der Waals surface area contributed by atoms with Crippen LogP contribution in [0.1, 0.15) is 32.8 Å². The van der Waals surface area contributed by atoms with Crippen LogP contribution in [0.25, 0.3) is 11.1 Å². The van der Waals surface area contributed by atoms with Crippen LogP contribution in [0.2, 0.25) is 0 Å². The minimum atomic E-state index is -2.37. The van der Waals surface area contributed by atoms with Gasteiger partial charge in [0.05, 0.1) is 6.61 Å². The number of rotatable bonds is 5. The lowest BCUT2D eigenvalue weighted by molar-refractivity contribution is -0.348. The molecule has 160 valence electrons. The summed E-state index contributed by atoms with van der Waals surface area (Å²) in [5, 5.41) is 26.6. The highest BCUT2D eigenvalue weighted by molar-refractivity contribution is 5.85.